The fourth-order valence-electron chi connectivity index (χ4n) is 0.0874. The van der Waals surface area contributed by atoms with E-state index in [1.54, 1.807) is 10.8 Å². The SMILES string of the molecule is C=CCSSN. The van der Waals surface area contributed by atoms with Crippen LogP contribution in [-0.2, 0) is 0 Å². The van der Waals surface area contributed by atoms with E-state index in [1.807, 2.05) is 6.08 Å². The summed E-state index contributed by atoms with van der Waals surface area (Å²) in [6, 6.07) is 0. The molecule has 0 aliphatic carbocycles. The van der Waals surface area contributed by atoms with Gasteiger partial charge in [0.15, 0.2) is 0 Å². The third-order valence-electron chi connectivity index (χ3n) is 0.254. The Morgan fingerprint density at radius 1 is 1.83 bits per heavy atom. The molecule has 0 unspecified atom stereocenters. The molecule has 0 amide bonds. The number of hydrogen-bond donors (Lipinski definition) is 1. The quantitative estimate of drug-likeness (QED) is 0.265. The third kappa shape index (κ3) is 4.40. The predicted octanol–water partition coefficient (Wildman–Crippen LogP) is 1.43. The number of rotatable bonds is 3. The fourth-order valence-corrected chi connectivity index (χ4v) is 0.787. The molecular weight excluding hydrogens is 114 g/mol. The Morgan fingerprint density at radius 2 is 2.50 bits per heavy atom. The Balaban J connectivity index is 2.49. The predicted molar refractivity (Wildman–Crippen MR) is 34.4 cm³/mol. The summed E-state index contributed by atoms with van der Waals surface area (Å²) in [7, 11) is 2.86. The van der Waals surface area contributed by atoms with Crippen molar-refractivity contribution in [1.82, 2.24) is 0 Å². The standard InChI is InChI=1S/C3H7NS2/c1-2-3-5-6-4/h2H,1,3-4H2. The van der Waals surface area contributed by atoms with Crippen LogP contribution in [0.15, 0.2) is 12.7 Å². The minimum Gasteiger partial charge on any atom is -0.268 e. The van der Waals surface area contributed by atoms with E-state index in [1.165, 1.54) is 11.0 Å². The first-order valence-electron chi connectivity index (χ1n) is 1.51. The molecule has 0 aromatic carbocycles. The summed E-state index contributed by atoms with van der Waals surface area (Å²) in [4.78, 5) is 0. The van der Waals surface area contributed by atoms with E-state index in [9.17, 15) is 0 Å². The van der Waals surface area contributed by atoms with Gasteiger partial charge in [-0.25, -0.2) is 0 Å². The van der Waals surface area contributed by atoms with Crippen LogP contribution in [0, 0.1) is 0 Å². The molecule has 0 radical (unpaired) electrons. The lowest BCUT2D eigenvalue weighted by atomic mass is 10.8. The van der Waals surface area contributed by atoms with Crippen molar-refractivity contribution in [2.24, 2.45) is 5.14 Å². The van der Waals surface area contributed by atoms with Crippen LogP contribution >= 0.6 is 21.8 Å². The van der Waals surface area contributed by atoms with Crippen molar-refractivity contribution in [1.29, 1.82) is 0 Å². The normalized spacial score (nSPS) is 8.17. The minimum absolute atomic E-state index is 0.932. The minimum atomic E-state index is 0.932. The molecule has 2 N–H and O–H groups in total. The molecule has 0 saturated carbocycles. The lowest BCUT2D eigenvalue weighted by molar-refractivity contribution is 1.84. The van der Waals surface area contributed by atoms with Crippen LogP contribution in [-0.4, -0.2) is 5.75 Å². The molecule has 0 heterocycles. The van der Waals surface area contributed by atoms with Crippen LogP contribution in [0.3, 0.4) is 0 Å². The second kappa shape index (κ2) is 5.40. The van der Waals surface area contributed by atoms with Crippen molar-refractivity contribution in [2.45, 2.75) is 0 Å². The van der Waals surface area contributed by atoms with Crippen LogP contribution in [0.1, 0.15) is 0 Å². The van der Waals surface area contributed by atoms with Crippen molar-refractivity contribution >= 4 is 21.8 Å². The van der Waals surface area contributed by atoms with Crippen LogP contribution in [0.4, 0.5) is 0 Å². The molecule has 0 aliphatic rings. The summed E-state index contributed by atoms with van der Waals surface area (Å²) in [6.45, 7) is 3.51. The van der Waals surface area contributed by atoms with Crippen LogP contribution in [0.25, 0.3) is 0 Å². The first-order chi connectivity index (χ1) is 2.91. The molecule has 0 aromatic heterocycles. The van der Waals surface area contributed by atoms with Gasteiger partial charge in [-0.15, -0.1) is 6.58 Å². The number of hydrogen-bond acceptors (Lipinski definition) is 3. The Hall–Kier alpha value is 0.400. The molecular formula is C3H7NS2. The lowest BCUT2D eigenvalue weighted by Crippen LogP contribution is -1.69. The molecule has 0 saturated heterocycles. The smallest absolute Gasteiger partial charge is 0.0227 e. The maximum Gasteiger partial charge on any atom is 0.0227 e. The van der Waals surface area contributed by atoms with Crippen LogP contribution < -0.4 is 5.14 Å². The molecule has 0 atom stereocenters. The highest BCUT2D eigenvalue weighted by Crippen LogP contribution is 2.11. The summed E-state index contributed by atoms with van der Waals surface area (Å²) in [5.41, 5.74) is 0. The summed E-state index contributed by atoms with van der Waals surface area (Å²) >= 11 is 0. The maximum atomic E-state index is 5.05. The summed E-state index contributed by atoms with van der Waals surface area (Å²) < 4.78 is 0. The highest BCUT2D eigenvalue weighted by molar-refractivity contribution is 8.75. The highest BCUT2D eigenvalue weighted by atomic mass is 33.1. The van der Waals surface area contributed by atoms with E-state index in [2.05, 4.69) is 6.58 Å². The zero-order valence-electron chi connectivity index (χ0n) is 3.39. The van der Waals surface area contributed by atoms with E-state index in [-0.39, 0.29) is 0 Å². The molecule has 0 aliphatic heterocycles. The molecule has 36 valence electrons. The molecule has 0 spiro atoms. The highest BCUT2D eigenvalue weighted by Gasteiger charge is 1.72. The molecule has 0 rings (SSSR count). The zero-order chi connectivity index (χ0) is 4.83. The molecule has 0 aromatic rings. The van der Waals surface area contributed by atoms with Gasteiger partial charge in [-0.1, -0.05) is 16.9 Å². The maximum absolute atomic E-state index is 5.05. The van der Waals surface area contributed by atoms with Gasteiger partial charge >= 0.3 is 0 Å². The molecule has 0 bridgehead atoms. The Kier molecular flexibility index (Phi) is 5.76. The summed E-state index contributed by atoms with van der Waals surface area (Å²) in [5.74, 6) is 0.932. The van der Waals surface area contributed by atoms with Gasteiger partial charge in [0, 0.05) is 5.75 Å². The first kappa shape index (κ1) is 6.40. The Labute approximate surface area is 45.9 Å². The summed E-state index contributed by atoms with van der Waals surface area (Å²) in [6.07, 6.45) is 1.82. The van der Waals surface area contributed by atoms with E-state index < -0.39 is 0 Å². The first-order valence-corrected chi connectivity index (χ1v) is 3.89. The monoisotopic (exact) mass is 121 g/mol. The average Bonchev–Trinajstić information content (AvgIpc) is 1.61. The topological polar surface area (TPSA) is 26.0 Å². The van der Waals surface area contributed by atoms with Gasteiger partial charge in [-0.3, -0.25) is 5.14 Å². The molecule has 6 heavy (non-hydrogen) atoms. The third-order valence-corrected chi connectivity index (χ3v) is 1.58. The summed E-state index contributed by atoms with van der Waals surface area (Å²) in [5, 5.41) is 5.05. The second-order valence-electron chi connectivity index (χ2n) is 0.669. The van der Waals surface area contributed by atoms with Crippen LogP contribution in [0.2, 0.25) is 0 Å². The van der Waals surface area contributed by atoms with Gasteiger partial charge in [0.05, 0.1) is 0 Å². The van der Waals surface area contributed by atoms with Crippen molar-refractivity contribution in [2.75, 3.05) is 5.75 Å². The largest absolute Gasteiger partial charge is 0.268 e. The van der Waals surface area contributed by atoms with E-state index in [0.29, 0.717) is 0 Å². The fraction of sp³-hybridized carbons (Fsp3) is 0.333. The van der Waals surface area contributed by atoms with Crippen molar-refractivity contribution in [3.63, 3.8) is 0 Å². The van der Waals surface area contributed by atoms with Gasteiger partial charge < -0.3 is 0 Å². The van der Waals surface area contributed by atoms with Gasteiger partial charge in [-0.2, -0.15) is 0 Å². The van der Waals surface area contributed by atoms with Crippen LogP contribution in [0.5, 0.6) is 0 Å². The molecule has 3 heteroatoms. The number of nitrogens with two attached hydrogens (primary N) is 1. The van der Waals surface area contributed by atoms with E-state index in [0.717, 1.165) is 5.75 Å². The van der Waals surface area contributed by atoms with Gasteiger partial charge in [0.2, 0.25) is 0 Å². The Bertz CT molecular complexity index is 37.8. The van der Waals surface area contributed by atoms with Crippen molar-refractivity contribution in [3.8, 4) is 0 Å². The average molecular weight is 121 g/mol. The lowest BCUT2D eigenvalue weighted by Gasteiger charge is -1.81. The van der Waals surface area contributed by atoms with Gasteiger partial charge in [0.1, 0.15) is 0 Å². The van der Waals surface area contributed by atoms with E-state index >= 15 is 0 Å². The van der Waals surface area contributed by atoms with Crippen molar-refractivity contribution in [3.05, 3.63) is 12.7 Å². The van der Waals surface area contributed by atoms with Gasteiger partial charge in [0.25, 0.3) is 0 Å². The molecule has 0 fully saturated rings. The zero-order valence-corrected chi connectivity index (χ0v) is 5.02. The van der Waals surface area contributed by atoms with Gasteiger partial charge in [-0.05, 0) is 11.0 Å². The molecule has 1 nitrogen and oxygen atoms in total. The second-order valence-corrected chi connectivity index (χ2v) is 2.72. The van der Waals surface area contributed by atoms with E-state index in [4.69, 9.17) is 5.14 Å². The Morgan fingerprint density at radius 3 is 2.67 bits per heavy atom. The van der Waals surface area contributed by atoms with Crippen molar-refractivity contribution < 1.29 is 0 Å².